The Hall–Kier alpha value is -6.09. The van der Waals surface area contributed by atoms with E-state index >= 15 is 4.39 Å². The predicted molar refractivity (Wildman–Crippen MR) is 174 cm³/mol. The summed E-state index contributed by atoms with van der Waals surface area (Å²) >= 11 is 0. The van der Waals surface area contributed by atoms with Crippen LogP contribution in [0.2, 0.25) is 0 Å². The quantitative estimate of drug-likeness (QED) is 0.0876. The van der Waals surface area contributed by atoms with Gasteiger partial charge in [0.15, 0.2) is 23.0 Å². The zero-order chi connectivity index (χ0) is 34.0. The Morgan fingerprint density at radius 3 is 1.39 bits per heavy atom. The minimum absolute atomic E-state index is 0.000783. The summed E-state index contributed by atoms with van der Waals surface area (Å²) < 4.78 is 36.1. The number of benzene rings is 3. The highest BCUT2D eigenvalue weighted by Gasteiger charge is 2.16. The highest BCUT2D eigenvalue weighted by atomic mass is 19.1. The van der Waals surface area contributed by atoms with Gasteiger partial charge < -0.3 is 18.9 Å². The summed E-state index contributed by atoms with van der Waals surface area (Å²) in [5.41, 5.74) is 2.40. The van der Waals surface area contributed by atoms with Crippen LogP contribution in [0.25, 0.3) is 24.3 Å². The summed E-state index contributed by atoms with van der Waals surface area (Å²) in [5.74, 6) is -3.33. The first-order valence-corrected chi connectivity index (χ1v) is 13.7. The molecule has 3 aromatic rings. The van der Waals surface area contributed by atoms with Crippen LogP contribution in [0.4, 0.5) is 4.39 Å². The second-order valence-corrected chi connectivity index (χ2v) is 9.99. The number of hydrogen-bond acceptors (Lipinski definition) is 8. The van der Waals surface area contributed by atoms with Crippen molar-refractivity contribution in [3.05, 3.63) is 132 Å². The van der Waals surface area contributed by atoms with Gasteiger partial charge in [0.1, 0.15) is 5.82 Å². The molecule has 3 aromatic carbocycles. The Labute approximate surface area is 266 Å². The van der Waals surface area contributed by atoms with Crippen molar-refractivity contribution >= 4 is 48.2 Å². The van der Waals surface area contributed by atoms with Crippen LogP contribution in [-0.4, -0.2) is 23.9 Å². The molecule has 0 spiro atoms. The van der Waals surface area contributed by atoms with Crippen molar-refractivity contribution in [2.45, 2.75) is 20.8 Å². The minimum Gasteiger partial charge on any atom is -0.419 e. The summed E-state index contributed by atoms with van der Waals surface area (Å²) in [6, 6.07) is 13.7. The van der Waals surface area contributed by atoms with Crippen molar-refractivity contribution in [1.29, 1.82) is 0 Å². The molecular formula is C37H31FO8. The maximum Gasteiger partial charge on any atom is 0.338 e. The molecule has 0 saturated heterocycles. The third kappa shape index (κ3) is 9.72. The first kappa shape index (κ1) is 34.4. The number of hydrogen-bond donors (Lipinski definition) is 0. The maximum atomic E-state index is 15.0. The topological polar surface area (TPSA) is 105 Å². The highest BCUT2D eigenvalue weighted by Crippen LogP contribution is 2.32. The van der Waals surface area contributed by atoms with Gasteiger partial charge in [0, 0.05) is 28.4 Å². The van der Waals surface area contributed by atoms with Gasteiger partial charge in [0.25, 0.3) is 0 Å². The van der Waals surface area contributed by atoms with Gasteiger partial charge in [-0.05, 0) is 67.8 Å². The monoisotopic (exact) mass is 622 g/mol. The lowest BCUT2D eigenvalue weighted by Crippen LogP contribution is -2.12. The largest absolute Gasteiger partial charge is 0.419 e. The van der Waals surface area contributed by atoms with Gasteiger partial charge in [-0.15, -0.1) is 0 Å². The molecule has 234 valence electrons. The predicted octanol–water partition coefficient (Wildman–Crippen LogP) is 7.70. The highest BCUT2D eigenvalue weighted by molar-refractivity contribution is 5.92. The molecule has 0 aliphatic rings. The third-order valence-corrected chi connectivity index (χ3v) is 5.91. The average molecular weight is 623 g/mol. The van der Waals surface area contributed by atoms with Crippen molar-refractivity contribution in [3.8, 4) is 23.0 Å². The van der Waals surface area contributed by atoms with E-state index < -0.39 is 29.7 Å². The van der Waals surface area contributed by atoms with E-state index in [0.29, 0.717) is 16.7 Å². The van der Waals surface area contributed by atoms with E-state index in [1.165, 1.54) is 57.2 Å². The van der Waals surface area contributed by atoms with E-state index in [2.05, 4.69) is 26.3 Å². The Morgan fingerprint density at radius 1 is 0.565 bits per heavy atom. The smallest absolute Gasteiger partial charge is 0.338 e. The molecule has 3 rings (SSSR count). The van der Waals surface area contributed by atoms with Gasteiger partial charge in [0.05, 0.1) is 0 Å². The molecule has 0 unspecified atom stereocenters. The Bertz CT molecular complexity index is 1830. The van der Waals surface area contributed by atoms with Crippen LogP contribution in [0.5, 0.6) is 23.0 Å². The van der Waals surface area contributed by atoms with E-state index in [-0.39, 0.29) is 45.3 Å². The maximum absolute atomic E-state index is 15.0. The Morgan fingerprint density at radius 2 is 0.957 bits per heavy atom. The Kier molecular flexibility index (Phi) is 11.7. The second kappa shape index (κ2) is 15.6. The minimum atomic E-state index is -0.755. The van der Waals surface area contributed by atoms with Gasteiger partial charge in [-0.25, -0.2) is 23.6 Å². The van der Waals surface area contributed by atoms with E-state index in [0.717, 1.165) is 6.08 Å². The molecule has 46 heavy (non-hydrogen) atoms. The van der Waals surface area contributed by atoms with Crippen molar-refractivity contribution in [2.24, 2.45) is 0 Å². The molecule has 9 heteroatoms. The van der Waals surface area contributed by atoms with Gasteiger partial charge in [-0.3, -0.25) is 0 Å². The van der Waals surface area contributed by atoms with Crippen LogP contribution < -0.4 is 18.9 Å². The Balaban J connectivity index is 1.83. The lowest BCUT2D eigenvalue weighted by atomic mass is 10.1. The molecule has 8 nitrogen and oxygen atoms in total. The molecular weight excluding hydrogens is 591 g/mol. The van der Waals surface area contributed by atoms with E-state index in [1.54, 1.807) is 42.5 Å². The lowest BCUT2D eigenvalue weighted by molar-refractivity contribution is -0.132. The molecule has 0 amide bonds. The van der Waals surface area contributed by atoms with Crippen molar-refractivity contribution in [1.82, 2.24) is 0 Å². The summed E-state index contributed by atoms with van der Waals surface area (Å²) in [6.45, 7) is 18.4. The van der Waals surface area contributed by atoms with Crippen LogP contribution in [0.1, 0.15) is 43.0 Å². The van der Waals surface area contributed by atoms with Gasteiger partial charge in [0.2, 0.25) is 0 Å². The zero-order valence-electron chi connectivity index (χ0n) is 25.6. The molecule has 0 radical (unpaired) electrons. The zero-order valence-corrected chi connectivity index (χ0v) is 25.6. The lowest BCUT2D eigenvalue weighted by Gasteiger charge is -2.11. The second-order valence-electron chi connectivity index (χ2n) is 9.99. The van der Waals surface area contributed by atoms with Crippen LogP contribution >= 0.6 is 0 Å². The molecule has 0 heterocycles. The van der Waals surface area contributed by atoms with Gasteiger partial charge >= 0.3 is 23.9 Å². The fourth-order valence-electron chi connectivity index (χ4n) is 3.46. The molecule has 0 atom stereocenters. The third-order valence-electron chi connectivity index (χ3n) is 5.91. The summed E-state index contributed by atoms with van der Waals surface area (Å²) in [7, 11) is 0. The number of esters is 4. The van der Waals surface area contributed by atoms with Gasteiger partial charge in [-0.1, -0.05) is 74.9 Å². The first-order valence-electron chi connectivity index (χ1n) is 13.7. The number of ether oxygens (including phenoxy) is 4. The molecule has 0 saturated carbocycles. The fourth-order valence-corrected chi connectivity index (χ4v) is 3.46. The van der Waals surface area contributed by atoms with Crippen molar-refractivity contribution in [3.63, 3.8) is 0 Å². The molecule has 0 aliphatic carbocycles. The summed E-state index contributed by atoms with van der Waals surface area (Å²) in [5, 5.41) is 0. The molecule has 0 aromatic heterocycles. The summed E-state index contributed by atoms with van der Waals surface area (Å²) in [6.07, 6.45) is 7.41. The van der Waals surface area contributed by atoms with Crippen LogP contribution in [0.3, 0.4) is 0 Å². The van der Waals surface area contributed by atoms with E-state index in [9.17, 15) is 19.2 Å². The number of halogens is 1. The van der Waals surface area contributed by atoms with Gasteiger partial charge in [-0.2, -0.15) is 0 Å². The number of carbonyl (C=O) groups is 4. The molecule has 0 fully saturated rings. The fraction of sp³-hybridized carbons (Fsp3) is 0.0811. The van der Waals surface area contributed by atoms with Crippen molar-refractivity contribution in [2.75, 3.05) is 0 Å². The normalized spacial score (nSPS) is 10.7. The molecule has 0 bridgehead atoms. The molecule has 0 N–H and O–H groups in total. The van der Waals surface area contributed by atoms with Crippen LogP contribution in [0, 0.1) is 5.82 Å². The first-order chi connectivity index (χ1) is 21.8. The van der Waals surface area contributed by atoms with E-state index in [1.807, 2.05) is 0 Å². The standard InChI is InChI=1S/C37H31FO8/c1-8-34(39)43-32-20-27(14-17-30(32)44-35(40)22(2)3)12-16-28-15-11-25(19-29(28)38)9-10-26-13-18-31(45-36(41)23(4)5)33(21-26)46-37(42)24(6)7/h8-21H,1-2,4,6H2,3,5,7H3. The average Bonchev–Trinajstić information content (AvgIpc) is 3.01. The summed E-state index contributed by atoms with van der Waals surface area (Å²) in [4.78, 5) is 47.9. The SMILES string of the molecule is C=CC(=O)Oc1cc(C=Cc2ccc(C=Cc3ccc(OC(=O)C(=C)C)c(OC(=O)C(=C)C)c3)cc2F)ccc1OC(=O)C(=C)C. The number of rotatable bonds is 12. The van der Waals surface area contributed by atoms with Crippen LogP contribution in [-0.2, 0) is 19.2 Å². The van der Waals surface area contributed by atoms with Crippen molar-refractivity contribution < 1.29 is 42.5 Å². The van der Waals surface area contributed by atoms with Crippen LogP contribution in [0.15, 0.2) is 104 Å². The molecule has 0 aliphatic heterocycles. The van der Waals surface area contributed by atoms with E-state index in [4.69, 9.17) is 18.9 Å². The number of carbonyl (C=O) groups excluding carboxylic acids is 4.